The first-order valence-electron chi connectivity index (χ1n) is 9.48. The number of amides is 2. The number of nitrogens with one attached hydrogen (secondary N) is 1. The van der Waals surface area contributed by atoms with Crippen molar-refractivity contribution in [2.24, 2.45) is 5.92 Å². The average molecular weight is 381 g/mol. The second-order valence-electron chi connectivity index (χ2n) is 7.47. The Kier molecular flexibility index (Phi) is 4.90. The third kappa shape index (κ3) is 3.65. The SMILES string of the molecule is CC(=O)Nc1ccc2n(c1=O)CC1CC2CN(C(=O)COc2ccccc2)C1. The highest BCUT2D eigenvalue weighted by Crippen LogP contribution is 2.35. The van der Waals surface area contributed by atoms with Crippen LogP contribution in [0.2, 0.25) is 0 Å². The Morgan fingerprint density at radius 2 is 1.89 bits per heavy atom. The van der Waals surface area contributed by atoms with E-state index in [1.165, 1.54) is 6.92 Å². The van der Waals surface area contributed by atoms with Gasteiger partial charge < -0.3 is 19.5 Å². The molecule has 2 atom stereocenters. The number of ether oxygens (including phenoxy) is 1. The van der Waals surface area contributed by atoms with Crippen LogP contribution in [0.1, 0.15) is 25.0 Å². The quantitative estimate of drug-likeness (QED) is 0.876. The highest BCUT2D eigenvalue weighted by Gasteiger charge is 2.36. The topological polar surface area (TPSA) is 80.6 Å². The van der Waals surface area contributed by atoms with Crippen LogP contribution in [0.15, 0.2) is 47.3 Å². The summed E-state index contributed by atoms with van der Waals surface area (Å²) in [5.74, 6) is 0.716. The van der Waals surface area contributed by atoms with Crippen LogP contribution in [0, 0.1) is 5.92 Å². The number of nitrogens with zero attached hydrogens (tertiary/aromatic N) is 2. The molecule has 2 amide bonds. The molecule has 0 saturated carbocycles. The summed E-state index contributed by atoms with van der Waals surface area (Å²) in [5, 5.41) is 2.59. The lowest BCUT2D eigenvalue weighted by Crippen LogP contribution is -2.50. The Hall–Kier alpha value is -3.09. The van der Waals surface area contributed by atoms with Crippen molar-refractivity contribution in [3.63, 3.8) is 0 Å². The van der Waals surface area contributed by atoms with Crippen molar-refractivity contribution in [3.8, 4) is 5.75 Å². The maximum Gasteiger partial charge on any atom is 0.274 e. The van der Waals surface area contributed by atoms with E-state index < -0.39 is 0 Å². The number of piperidine rings is 1. The number of pyridine rings is 1. The predicted octanol–water partition coefficient (Wildman–Crippen LogP) is 1.83. The molecular formula is C21H23N3O4. The minimum Gasteiger partial charge on any atom is -0.484 e. The van der Waals surface area contributed by atoms with E-state index in [4.69, 9.17) is 4.74 Å². The van der Waals surface area contributed by atoms with E-state index in [0.717, 1.165) is 12.1 Å². The van der Waals surface area contributed by atoms with E-state index >= 15 is 0 Å². The van der Waals surface area contributed by atoms with Gasteiger partial charge in [0, 0.05) is 38.2 Å². The molecule has 2 aliphatic rings. The van der Waals surface area contributed by atoms with Crippen LogP contribution < -0.4 is 15.6 Å². The van der Waals surface area contributed by atoms with Gasteiger partial charge >= 0.3 is 0 Å². The molecule has 1 aromatic heterocycles. The number of hydrogen-bond acceptors (Lipinski definition) is 4. The number of aromatic nitrogens is 1. The van der Waals surface area contributed by atoms with Gasteiger partial charge in [-0.25, -0.2) is 0 Å². The third-order valence-electron chi connectivity index (χ3n) is 5.37. The molecule has 1 aromatic carbocycles. The monoisotopic (exact) mass is 381 g/mol. The number of carbonyl (C=O) groups is 2. The normalized spacial score (nSPS) is 20.2. The zero-order chi connectivity index (χ0) is 19.7. The third-order valence-corrected chi connectivity index (χ3v) is 5.37. The molecule has 7 nitrogen and oxygen atoms in total. The zero-order valence-corrected chi connectivity index (χ0v) is 15.8. The van der Waals surface area contributed by atoms with Crippen LogP contribution in [0.5, 0.6) is 5.75 Å². The van der Waals surface area contributed by atoms with Gasteiger partial charge in [0.1, 0.15) is 11.4 Å². The Labute approximate surface area is 162 Å². The lowest BCUT2D eigenvalue weighted by Gasteiger charge is -2.42. The molecule has 2 bridgehead atoms. The van der Waals surface area contributed by atoms with Crippen molar-refractivity contribution in [1.29, 1.82) is 0 Å². The zero-order valence-electron chi connectivity index (χ0n) is 15.8. The number of benzene rings is 1. The molecular weight excluding hydrogens is 358 g/mol. The molecule has 0 spiro atoms. The molecule has 146 valence electrons. The van der Waals surface area contributed by atoms with E-state index in [0.29, 0.717) is 31.1 Å². The fraction of sp³-hybridized carbons (Fsp3) is 0.381. The molecule has 2 aromatic rings. The summed E-state index contributed by atoms with van der Waals surface area (Å²) in [5.41, 5.74) is 1.06. The van der Waals surface area contributed by atoms with E-state index in [1.54, 1.807) is 10.6 Å². The first kappa shape index (κ1) is 18.3. The summed E-state index contributed by atoms with van der Waals surface area (Å²) in [6.07, 6.45) is 0.961. The van der Waals surface area contributed by atoms with Crippen molar-refractivity contribution in [1.82, 2.24) is 9.47 Å². The van der Waals surface area contributed by atoms with Crippen LogP contribution in [-0.4, -0.2) is 41.0 Å². The maximum atomic E-state index is 12.7. The molecule has 2 aliphatic heterocycles. The predicted molar refractivity (Wildman–Crippen MR) is 104 cm³/mol. The lowest BCUT2D eigenvalue weighted by molar-refractivity contribution is -0.136. The van der Waals surface area contributed by atoms with Gasteiger partial charge in [-0.05, 0) is 36.6 Å². The van der Waals surface area contributed by atoms with Gasteiger partial charge in [0.05, 0.1) is 0 Å². The van der Waals surface area contributed by atoms with Crippen molar-refractivity contribution >= 4 is 17.5 Å². The molecule has 0 aliphatic carbocycles. The van der Waals surface area contributed by atoms with Gasteiger partial charge in [0.25, 0.3) is 11.5 Å². The summed E-state index contributed by atoms with van der Waals surface area (Å²) >= 11 is 0. The maximum absolute atomic E-state index is 12.7. The first-order valence-corrected chi connectivity index (χ1v) is 9.48. The van der Waals surface area contributed by atoms with E-state index in [9.17, 15) is 14.4 Å². The largest absolute Gasteiger partial charge is 0.484 e. The number of para-hydroxylation sites is 1. The fourth-order valence-corrected chi connectivity index (χ4v) is 4.19. The number of likely N-dealkylation sites (tertiary alicyclic amines) is 1. The standard InChI is InChI=1S/C21H23N3O4/c1-14(25)22-18-7-8-19-16-9-15(11-24(19)21(18)27)10-23(12-16)20(26)13-28-17-5-3-2-4-6-17/h2-8,15-16H,9-13H2,1H3,(H,22,25). The molecule has 0 radical (unpaired) electrons. The van der Waals surface area contributed by atoms with Crippen LogP contribution >= 0.6 is 0 Å². The number of rotatable bonds is 4. The first-order chi connectivity index (χ1) is 13.5. The van der Waals surface area contributed by atoms with E-state index in [1.807, 2.05) is 41.3 Å². The minimum atomic E-state index is -0.260. The van der Waals surface area contributed by atoms with Gasteiger partial charge in [-0.3, -0.25) is 14.4 Å². The Balaban J connectivity index is 1.48. The van der Waals surface area contributed by atoms with Crippen molar-refractivity contribution < 1.29 is 14.3 Å². The number of anilines is 1. The van der Waals surface area contributed by atoms with Crippen LogP contribution in [0.25, 0.3) is 0 Å². The van der Waals surface area contributed by atoms with Crippen LogP contribution in [0.3, 0.4) is 0 Å². The van der Waals surface area contributed by atoms with Crippen molar-refractivity contribution in [2.75, 3.05) is 25.0 Å². The van der Waals surface area contributed by atoms with Gasteiger partial charge in [-0.15, -0.1) is 0 Å². The Morgan fingerprint density at radius 3 is 2.64 bits per heavy atom. The molecule has 28 heavy (non-hydrogen) atoms. The van der Waals surface area contributed by atoms with Crippen LogP contribution in [0.4, 0.5) is 5.69 Å². The minimum absolute atomic E-state index is 0.0116. The number of fused-ring (bicyclic) bond motifs is 4. The summed E-state index contributed by atoms with van der Waals surface area (Å²) in [6.45, 7) is 3.15. The lowest BCUT2D eigenvalue weighted by atomic mass is 9.83. The van der Waals surface area contributed by atoms with Gasteiger partial charge in [0.2, 0.25) is 5.91 Å². The van der Waals surface area contributed by atoms with Gasteiger partial charge in [0.15, 0.2) is 6.61 Å². The number of hydrogen-bond donors (Lipinski definition) is 1. The van der Waals surface area contributed by atoms with E-state index in [2.05, 4.69) is 5.32 Å². The van der Waals surface area contributed by atoms with Crippen molar-refractivity contribution in [3.05, 3.63) is 58.5 Å². The molecule has 1 N–H and O–H groups in total. The average Bonchev–Trinajstić information content (AvgIpc) is 2.69. The molecule has 2 unspecified atom stereocenters. The Bertz CT molecular complexity index is 954. The molecule has 1 fully saturated rings. The fourth-order valence-electron chi connectivity index (χ4n) is 4.19. The van der Waals surface area contributed by atoms with Crippen LogP contribution in [-0.2, 0) is 16.1 Å². The summed E-state index contributed by atoms with van der Waals surface area (Å²) < 4.78 is 7.35. The summed E-state index contributed by atoms with van der Waals surface area (Å²) in [4.78, 5) is 38.5. The van der Waals surface area contributed by atoms with Crippen molar-refractivity contribution in [2.45, 2.75) is 25.8 Å². The highest BCUT2D eigenvalue weighted by molar-refractivity contribution is 5.88. The number of carbonyl (C=O) groups excluding carboxylic acids is 2. The van der Waals surface area contributed by atoms with Gasteiger partial charge in [-0.2, -0.15) is 0 Å². The second-order valence-corrected chi connectivity index (χ2v) is 7.47. The van der Waals surface area contributed by atoms with E-state index in [-0.39, 0.29) is 35.8 Å². The highest BCUT2D eigenvalue weighted by atomic mass is 16.5. The Morgan fingerprint density at radius 1 is 1.11 bits per heavy atom. The van der Waals surface area contributed by atoms with Gasteiger partial charge in [-0.1, -0.05) is 18.2 Å². The molecule has 3 heterocycles. The summed E-state index contributed by atoms with van der Waals surface area (Å²) in [7, 11) is 0. The molecule has 1 saturated heterocycles. The summed E-state index contributed by atoms with van der Waals surface area (Å²) in [6, 6.07) is 12.8. The molecule has 7 heteroatoms. The molecule has 4 rings (SSSR count). The second kappa shape index (κ2) is 7.50. The smallest absolute Gasteiger partial charge is 0.274 e.